The molecule has 1 N–H and O–H groups in total. The first-order valence-electron chi connectivity index (χ1n) is 9.81. The third kappa shape index (κ3) is 4.62. The summed E-state index contributed by atoms with van der Waals surface area (Å²) in [6, 6.07) is 11.5. The Labute approximate surface area is 179 Å². The van der Waals surface area contributed by atoms with Crippen LogP contribution >= 0.6 is 11.8 Å². The summed E-state index contributed by atoms with van der Waals surface area (Å²) in [5.74, 6) is 0.272. The number of nitrogens with zero attached hydrogens (tertiary/aromatic N) is 1. The average molecular weight is 447 g/mol. The standard InChI is InChI=1S/C21H22N2O5S2/c24-18(22-15-8-3-1-4-9-15)14-29-21-20(23-19(28-21)17-12-7-13-27-17)30(25,26)16-10-5-2-6-11-16/h2,5-7,10-13,15H,1,3-4,8-9,14H2,(H,22,24). The lowest BCUT2D eigenvalue weighted by Gasteiger charge is -2.22. The minimum atomic E-state index is -3.91. The molecule has 2 heterocycles. The highest BCUT2D eigenvalue weighted by Gasteiger charge is 2.30. The zero-order chi connectivity index (χ0) is 21.0. The first-order valence-corrected chi connectivity index (χ1v) is 12.3. The van der Waals surface area contributed by atoms with Crippen LogP contribution in [0.4, 0.5) is 0 Å². The fraction of sp³-hybridized carbons (Fsp3) is 0.333. The van der Waals surface area contributed by atoms with Gasteiger partial charge in [-0.25, -0.2) is 8.42 Å². The number of oxazole rings is 1. The highest BCUT2D eigenvalue weighted by atomic mass is 32.2. The zero-order valence-corrected chi connectivity index (χ0v) is 17.9. The molecule has 1 aromatic carbocycles. The number of carbonyl (C=O) groups excluding carboxylic acids is 1. The minimum Gasteiger partial charge on any atom is -0.459 e. The van der Waals surface area contributed by atoms with Gasteiger partial charge in [0.2, 0.25) is 25.9 Å². The third-order valence-corrected chi connectivity index (χ3v) is 7.66. The summed E-state index contributed by atoms with van der Waals surface area (Å²) >= 11 is 1.02. The van der Waals surface area contributed by atoms with Gasteiger partial charge >= 0.3 is 0 Å². The predicted molar refractivity (Wildman–Crippen MR) is 112 cm³/mol. The highest BCUT2D eigenvalue weighted by molar-refractivity contribution is 8.00. The third-order valence-electron chi connectivity index (χ3n) is 4.91. The lowest BCUT2D eigenvalue weighted by Crippen LogP contribution is -2.37. The number of thioether (sulfide) groups is 1. The van der Waals surface area contributed by atoms with Crippen molar-refractivity contribution in [3.63, 3.8) is 0 Å². The Morgan fingerprint density at radius 1 is 1.10 bits per heavy atom. The topological polar surface area (TPSA) is 102 Å². The number of benzene rings is 1. The van der Waals surface area contributed by atoms with Crippen molar-refractivity contribution < 1.29 is 22.0 Å². The normalized spacial score (nSPS) is 15.2. The molecule has 1 saturated carbocycles. The number of sulfone groups is 1. The fourth-order valence-corrected chi connectivity index (χ4v) is 5.78. The maximum Gasteiger partial charge on any atom is 0.265 e. The zero-order valence-electron chi connectivity index (χ0n) is 16.2. The molecule has 4 rings (SSSR count). The van der Waals surface area contributed by atoms with Crippen LogP contribution in [0.1, 0.15) is 32.1 Å². The summed E-state index contributed by atoms with van der Waals surface area (Å²) < 4.78 is 37.3. The number of rotatable bonds is 7. The molecule has 9 heteroatoms. The van der Waals surface area contributed by atoms with Gasteiger partial charge in [0.1, 0.15) is 0 Å². The molecule has 2 aromatic heterocycles. The number of carbonyl (C=O) groups is 1. The summed E-state index contributed by atoms with van der Waals surface area (Å²) in [6.45, 7) is 0. The van der Waals surface area contributed by atoms with Crippen LogP contribution in [0.3, 0.4) is 0 Å². The van der Waals surface area contributed by atoms with Crippen molar-refractivity contribution in [2.24, 2.45) is 0 Å². The van der Waals surface area contributed by atoms with E-state index in [0.717, 1.165) is 37.4 Å². The Bertz CT molecular complexity index is 1090. The molecule has 0 radical (unpaired) electrons. The van der Waals surface area contributed by atoms with Gasteiger partial charge in [-0.3, -0.25) is 4.79 Å². The number of furan rings is 1. The van der Waals surface area contributed by atoms with Crippen molar-refractivity contribution in [1.82, 2.24) is 10.3 Å². The second-order valence-electron chi connectivity index (χ2n) is 7.10. The molecule has 158 valence electrons. The Morgan fingerprint density at radius 3 is 2.57 bits per heavy atom. The Balaban J connectivity index is 1.57. The number of aromatic nitrogens is 1. The van der Waals surface area contributed by atoms with E-state index in [1.807, 2.05) is 0 Å². The van der Waals surface area contributed by atoms with Crippen LogP contribution in [0.15, 0.2) is 72.6 Å². The predicted octanol–water partition coefficient (Wildman–Crippen LogP) is 4.31. The molecule has 3 aromatic rings. The molecule has 0 unspecified atom stereocenters. The minimum absolute atomic E-state index is 0.0423. The van der Waals surface area contributed by atoms with Crippen molar-refractivity contribution in [2.45, 2.75) is 53.2 Å². The molecule has 0 atom stereocenters. The molecule has 0 saturated heterocycles. The number of hydrogen-bond donors (Lipinski definition) is 1. The Hall–Kier alpha value is -2.52. The number of amides is 1. The van der Waals surface area contributed by atoms with Crippen molar-refractivity contribution >= 4 is 27.5 Å². The summed E-state index contributed by atoms with van der Waals surface area (Å²) in [5.41, 5.74) is 0. The van der Waals surface area contributed by atoms with Crippen LogP contribution < -0.4 is 5.32 Å². The van der Waals surface area contributed by atoms with E-state index in [2.05, 4.69) is 10.3 Å². The number of nitrogens with one attached hydrogen (secondary N) is 1. The second-order valence-corrected chi connectivity index (χ2v) is 9.91. The Morgan fingerprint density at radius 2 is 1.87 bits per heavy atom. The van der Waals surface area contributed by atoms with Gasteiger partial charge in [-0.05, 0) is 37.1 Å². The summed E-state index contributed by atoms with van der Waals surface area (Å²) in [5, 5.41) is 2.88. The van der Waals surface area contributed by atoms with Crippen molar-refractivity contribution in [2.75, 3.05) is 5.75 Å². The molecule has 1 amide bonds. The van der Waals surface area contributed by atoms with E-state index in [4.69, 9.17) is 8.83 Å². The van der Waals surface area contributed by atoms with Crippen LogP contribution in [0, 0.1) is 0 Å². The molecule has 30 heavy (non-hydrogen) atoms. The molecule has 1 fully saturated rings. The van der Waals surface area contributed by atoms with E-state index in [0.29, 0.717) is 5.76 Å². The first kappa shape index (κ1) is 20.7. The van der Waals surface area contributed by atoms with Crippen molar-refractivity contribution in [1.29, 1.82) is 0 Å². The second kappa shape index (κ2) is 9.09. The Kier molecular flexibility index (Phi) is 6.29. The van der Waals surface area contributed by atoms with Crippen LogP contribution in [-0.2, 0) is 14.6 Å². The highest BCUT2D eigenvalue weighted by Crippen LogP contribution is 2.35. The van der Waals surface area contributed by atoms with Crippen LogP contribution in [0.25, 0.3) is 11.7 Å². The first-order chi connectivity index (χ1) is 14.5. The van der Waals surface area contributed by atoms with Crippen LogP contribution in [-0.4, -0.2) is 31.1 Å². The van der Waals surface area contributed by atoms with Gasteiger partial charge < -0.3 is 14.2 Å². The molecule has 1 aliphatic rings. The lowest BCUT2D eigenvalue weighted by molar-refractivity contribution is -0.119. The van der Waals surface area contributed by atoms with Gasteiger partial charge in [0, 0.05) is 6.04 Å². The monoisotopic (exact) mass is 446 g/mol. The molecular formula is C21H22N2O5S2. The van der Waals surface area contributed by atoms with Gasteiger partial charge in [-0.2, -0.15) is 4.98 Å². The van der Waals surface area contributed by atoms with Gasteiger partial charge in [0.25, 0.3) is 5.89 Å². The molecular weight excluding hydrogens is 424 g/mol. The average Bonchev–Trinajstić information content (AvgIpc) is 3.44. The van der Waals surface area contributed by atoms with Gasteiger partial charge in [0.05, 0.1) is 16.9 Å². The van der Waals surface area contributed by atoms with Crippen molar-refractivity contribution in [3.05, 3.63) is 48.7 Å². The lowest BCUT2D eigenvalue weighted by atomic mass is 9.95. The van der Waals surface area contributed by atoms with E-state index in [1.54, 1.807) is 30.3 Å². The van der Waals surface area contributed by atoms with Gasteiger partial charge in [-0.15, -0.1) is 0 Å². The molecule has 0 spiro atoms. The summed E-state index contributed by atoms with van der Waals surface area (Å²) in [6.07, 6.45) is 6.85. The van der Waals surface area contributed by atoms with E-state index in [-0.39, 0.29) is 38.6 Å². The van der Waals surface area contributed by atoms with E-state index < -0.39 is 9.84 Å². The maximum atomic E-state index is 13.1. The molecule has 1 aliphatic carbocycles. The molecule has 0 aliphatic heterocycles. The van der Waals surface area contributed by atoms with Crippen molar-refractivity contribution in [3.8, 4) is 11.7 Å². The molecule has 7 nitrogen and oxygen atoms in total. The summed E-state index contributed by atoms with van der Waals surface area (Å²) in [4.78, 5) is 16.7. The number of hydrogen-bond acceptors (Lipinski definition) is 7. The molecule has 0 bridgehead atoms. The van der Waals surface area contributed by atoms with Crippen LogP contribution in [0.5, 0.6) is 0 Å². The van der Waals surface area contributed by atoms with Gasteiger partial charge in [-0.1, -0.05) is 49.2 Å². The van der Waals surface area contributed by atoms with E-state index in [1.165, 1.54) is 24.8 Å². The fourth-order valence-electron chi connectivity index (χ4n) is 3.42. The van der Waals surface area contributed by atoms with E-state index >= 15 is 0 Å². The quantitative estimate of drug-likeness (QED) is 0.540. The van der Waals surface area contributed by atoms with Gasteiger partial charge in [0.15, 0.2) is 5.76 Å². The largest absolute Gasteiger partial charge is 0.459 e. The SMILES string of the molecule is O=C(CSc1oc(-c2ccco2)nc1S(=O)(=O)c1ccccc1)NC1CCCCC1. The smallest absolute Gasteiger partial charge is 0.265 e. The van der Waals surface area contributed by atoms with Crippen LogP contribution in [0.2, 0.25) is 0 Å². The van der Waals surface area contributed by atoms with E-state index in [9.17, 15) is 13.2 Å². The maximum absolute atomic E-state index is 13.1. The summed E-state index contributed by atoms with van der Waals surface area (Å²) in [7, 11) is -3.91.